The van der Waals surface area contributed by atoms with Gasteiger partial charge in [-0.3, -0.25) is 4.98 Å². The van der Waals surface area contributed by atoms with E-state index in [9.17, 15) is 15.3 Å². The van der Waals surface area contributed by atoms with Crippen LogP contribution >= 0.6 is 34.7 Å². The second-order valence-corrected chi connectivity index (χ2v) is 8.30. The van der Waals surface area contributed by atoms with E-state index in [1.54, 1.807) is 23.8 Å². The van der Waals surface area contributed by atoms with Gasteiger partial charge in [0, 0.05) is 35.1 Å². The molecule has 146 valence electrons. The number of hydrogen-bond acceptors (Lipinski definition) is 10. The third-order valence-corrected chi connectivity index (χ3v) is 6.07. The summed E-state index contributed by atoms with van der Waals surface area (Å²) in [4.78, 5) is 8.79. The molecule has 2 aromatic rings. The average molecular weight is 431 g/mol. The highest BCUT2D eigenvalue weighted by Gasteiger charge is 2.44. The fourth-order valence-electron chi connectivity index (χ4n) is 2.59. The van der Waals surface area contributed by atoms with Crippen molar-refractivity contribution >= 4 is 40.4 Å². The molecule has 6 N–H and O–H groups in total. The normalized spacial score (nSPS) is 28.9. The predicted molar refractivity (Wildman–Crippen MR) is 104 cm³/mol. The second-order valence-electron chi connectivity index (χ2n) is 5.79. The van der Waals surface area contributed by atoms with Crippen molar-refractivity contribution in [2.75, 3.05) is 6.61 Å². The molecule has 1 aliphatic rings. The topological polar surface area (TPSA) is 134 Å². The Morgan fingerprint density at radius 3 is 2.89 bits per heavy atom. The van der Waals surface area contributed by atoms with Crippen LogP contribution in [0.25, 0.3) is 5.70 Å². The van der Waals surface area contributed by atoms with Crippen molar-refractivity contribution in [3.8, 4) is 0 Å². The Kier molecular flexibility index (Phi) is 6.93. The van der Waals surface area contributed by atoms with Gasteiger partial charge < -0.3 is 31.1 Å². The van der Waals surface area contributed by atoms with Crippen LogP contribution in [0.1, 0.15) is 5.01 Å². The van der Waals surface area contributed by atoms with E-state index >= 15 is 0 Å². The number of hydrogen-bond donors (Lipinski definition) is 5. The second kappa shape index (κ2) is 9.20. The number of aliphatic hydroxyl groups is 3. The van der Waals surface area contributed by atoms with E-state index in [-0.39, 0.29) is 0 Å². The van der Waals surface area contributed by atoms with Crippen LogP contribution in [0.4, 0.5) is 0 Å². The lowest BCUT2D eigenvalue weighted by Gasteiger charge is -2.42. The zero-order chi connectivity index (χ0) is 19.4. The predicted octanol–water partition coefficient (Wildman–Crippen LogP) is 0.638. The Balaban J connectivity index is 1.76. The van der Waals surface area contributed by atoms with Crippen LogP contribution in [0, 0.1) is 0 Å². The summed E-state index contributed by atoms with van der Waals surface area (Å²) in [6.07, 6.45) is 3.11. The molecule has 8 nitrogen and oxygen atoms in total. The molecule has 3 heterocycles. The van der Waals surface area contributed by atoms with Gasteiger partial charge >= 0.3 is 0 Å². The highest BCUT2D eigenvalue weighted by molar-refractivity contribution is 7.99. The van der Waals surface area contributed by atoms with Crippen LogP contribution in [-0.4, -0.2) is 61.7 Å². The Morgan fingerprint density at radius 1 is 1.41 bits per heavy atom. The summed E-state index contributed by atoms with van der Waals surface area (Å²) in [5, 5.41) is 36.5. The van der Waals surface area contributed by atoms with E-state index in [0.29, 0.717) is 20.6 Å². The van der Waals surface area contributed by atoms with Crippen molar-refractivity contribution in [1.29, 1.82) is 0 Å². The number of halogens is 1. The number of aromatic nitrogens is 2. The summed E-state index contributed by atoms with van der Waals surface area (Å²) >= 11 is 8.51. The summed E-state index contributed by atoms with van der Waals surface area (Å²) in [6.45, 7) is -0.400. The minimum Gasteiger partial charge on any atom is -0.395 e. The van der Waals surface area contributed by atoms with Gasteiger partial charge in [-0.05, 0) is 6.07 Å². The third kappa shape index (κ3) is 4.91. The Labute approximate surface area is 169 Å². The third-order valence-electron chi connectivity index (χ3n) is 3.93. The van der Waals surface area contributed by atoms with Gasteiger partial charge in [-0.15, -0.1) is 11.3 Å². The van der Waals surface area contributed by atoms with Gasteiger partial charge in [0.05, 0.1) is 23.4 Å². The maximum atomic E-state index is 10.7. The van der Waals surface area contributed by atoms with E-state index in [1.165, 1.54) is 35.5 Å². The summed E-state index contributed by atoms with van der Waals surface area (Å²) in [5.74, 6) is 0. The zero-order valence-corrected chi connectivity index (χ0v) is 16.4. The summed E-state index contributed by atoms with van der Waals surface area (Å²) in [6, 6.07) is 0.885. The molecular formula is C16H19ClN4O4S2. The Bertz CT molecular complexity index is 780. The monoisotopic (exact) mass is 430 g/mol. The minimum absolute atomic E-state index is 0.375. The lowest BCUT2D eigenvalue weighted by molar-refractivity contribution is -0.164. The molecule has 1 aliphatic heterocycles. The maximum absolute atomic E-state index is 10.7. The van der Waals surface area contributed by atoms with Crippen molar-refractivity contribution in [1.82, 2.24) is 15.3 Å². The zero-order valence-electron chi connectivity index (χ0n) is 14.0. The molecule has 11 heteroatoms. The van der Waals surface area contributed by atoms with Crippen molar-refractivity contribution in [2.24, 2.45) is 5.73 Å². The molecule has 0 radical (unpaired) electrons. The highest BCUT2D eigenvalue weighted by atomic mass is 35.5. The molecular weight excluding hydrogens is 412 g/mol. The lowest BCUT2D eigenvalue weighted by Crippen LogP contribution is -2.62. The molecule has 0 aliphatic carbocycles. The van der Waals surface area contributed by atoms with Crippen molar-refractivity contribution in [3.05, 3.63) is 46.3 Å². The molecule has 1 saturated heterocycles. The fourth-order valence-corrected chi connectivity index (χ4v) is 4.48. The smallest absolute Gasteiger partial charge is 0.140 e. The van der Waals surface area contributed by atoms with Gasteiger partial charge in [0.2, 0.25) is 0 Å². The fraction of sp³-hybridized carbons (Fsp3) is 0.375. The standard InChI is InChI=1S/C16H19ClN4O4S2/c17-8-3-9(5-19-4-8)27-16-14(24)12(13(23)11(7-22)25-16)21-6-10(18)15-20-1-2-26-15/h1-6,11-14,16,21-24H,7,18H2/b10-6-. The van der Waals surface area contributed by atoms with Crippen LogP contribution < -0.4 is 11.1 Å². The number of pyridine rings is 1. The van der Waals surface area contributed by atoms with Crippen molar-refractivity contribution in [2.45, 2.75) is 34.7 Å². The number of rotatable bonds is 6. The first-order chi connectivity index (χ1) is 13.0. The number of nitrogens with two attached hydrogens (primary N) is 1. The number of ether oxygens (including phenoxy) is 1. The van der Waals surface area contributed by atoms with Gasteiger partial charge in [0.1, 0.15) is 28.8 Å². The largest absolute Gasteiger partial charge is 0.395 e. The molecule has 5 atom stereocenters. The SMILES string of the molecule is N/C(=C\NC1C(O)C(CO)OC(Sc2cncc(Cl)c2)C1O)c1nccs1. The molecule has 0 spiro atoms. The Morgan fingerprint density at radius 2 is 2.22 bits per heavy atom. The van der Waals surface area contributed by atoms with Gasteiger partial charge in [-0.1, -0.05) is 23.4 Å². The molecule has 0 bridgehead atoms. The summed E-state index contributed by atoms with van der Waals surface area (Å²) < 4.78 is 5.65. The molecule has 2 aromatic heterocycles. The number of thioether (sulfide) groups is 1. The van der Waals surface area contributed by atoms with Gasteiger partial charge in [0.25, 0.3) is 0 Å². The van der Waals surface area contributed by atoms with Crippen molar-refractivity contribution < 1.29 is 20.1 Å². The van der Waals surface area contributed by atoms with E-state index in [0.717, 1.165) is 0 Å². The van der Waals surface area contributed by atoms with Crippen LogP contribution in [0.3, 0.4) is 0 Å². The van der Waals surface area contributed by atoms with Gasteiger partial charge in [0.15, 0.2) is 0 Å². The average Bonchev–Trinajstić information content (AvgIpc) is 3.18. The molecule has 3 rings (SSSR count). The Hall–Kier alpha value is -1.40. The van der Waals surface area contributed by atoms with E-state index in [2.05, 4.69) is 15.3 Å². The number of nitrogens with one attached hydrogen (secondary N) is 1. The molecule has 1 fully saturated rings. The van der Waals surface area contributed by atoms with Crippen LogP contribution in [0.15, 0.2) is 41.1 Å². The van der Waals surface area contributed by atoms with Gasteiger partial charge in [-0.2, -0.15) is 0 Å². The van der Waals surface area contributed by atoms with E-state index in [4.69, 9.17) is 22.1 Å². The maximum Gasteiger partial charge on any atom is 0.140 e. The summed E-state index contributed by atoms with van der Waals surface area (Å²) in [7, 11) is 0. The molecule has 5 unspecified atom stereocenters. The highest BCUT2D eigenvalue weighted by Crippen LogP contribution is 2.34. The molecule has 0 aromatic carbocycles. The first kappa shape index (κ1) is 20.3. The van der Waals surface area contributed by atoms with Gasteiger partial charge in [-0.25, -0.2) is 4.98 Å². The molecule has 27 heavy (non-hydrogen) atoms. The van der Waals surface area contributed by atoms with E-state index < -0.39 is 36.4 Å². The number of nitrogens with zero attached hydrogens (tertiary/aromatic N) is 2. The number of aliphatic hydroxyl groups excluding tert-OH is 3. The first-order valence-corrected chi connectivity index (χ1v) is 10.1. The first-order valence-electron chi connectivity index (χ1n) is 8.01. The van der Waals surface area contributed by atoms with Crippen LogP contribution in [0.5, 0.6) is 0 Å². The van der Waals surface area contributed by atoms with Crippen LogP contribution in [-0.2, 0) is 4.74 Å². The minimum atomic E-state index is -1.14. The van der Waals surface area contributed by atoms with Crippen molar-refractivity contribution in [3.63, 3.8) is 0 Å². The van der Waals surface area contributed by atoms with Crippen LogP contribution in [0.2, 0.25) is 5.02 Å². The molecule has 0 amide bonds. The quantitative estimate of drug-likeness (QED) is 0.447. The lowest BCUT2D eigenvalue weighted by atomic mass is 9.97. The number of thiazole rings is 1. The summed E-state index contributed by atoms with van der Waals surface area (Å²) in [5.41, 5.74) is 5.59. The van der Waals surface area contributed by atoms with E-state index in [1.807, 2.05) is 0 Å². The molecule has 0 saturated carbocycles.